The van der Waals surface area contributed by atoms with Gasteiger partial charge in [-0.25, -0.2) is 9.97 Å². The van der Waals surface area contributed by atoms with Crippen LogP contribution in [0.2, 0.25) is 0 Å². The van der Waals surface area contributed by atoms with Crippen molar-refractivity contribution in [3.8, 4) is 22.5 Å². The number of aromatic hydroxyl groups is 1. The lowest BCUT2D eigenvalue weighted by Crippen LogP contribution is -2.30. The van der Waals surface area contributed by atoms with Crippen LogP contribution in [-0.4, -0.2) is 21.0 Å². The summed E-state index contributed by atoms with van der Waals surface area (Å²) in [4.78, 5) is 21.4. The number of thiazole rings is 1. The summed E-state index contributed by atoms with van der Waals surface area (Å²) in [5, 5.41) is 24.4. The van der Waals surface area contributed by atoms with E-state index < -0.39 is 0 Å². The number of nitrogens with zero attached hydrogens (tertiary/aromatic N) is 3. The van der Waals surface area contributed by atoms with Gasteiger partial charge < -0.3 is 10.4 Å². The van der Waals surface area contributed by atoms with E-state index in [0.717, 1.165) is 11.1 Å². The molecule has 0 aliphatic carbocycles. The summed E-state index contributed by atoms with van der Waals surface area (Å²) in [6.45, 7) is 0. The number of carbonyl (C=O) groups is 1. The van der Waals surface area contributed by atoms with Crippen molar-refractivity contribution in [2.24, 2.45) is 0 Å². The molecule has 0 radical (unpaired) electrons. The Labute approximate surface area is 183 Å². The molecule has 4 aromatic rings. The molecule has 1 amide bonds. The first-order chi connectivity index (χ1) is 15.1. The molecule has 0 atom stereocenters. The van der Waals surface area contributed by atoms with Crippen LogP contribution in [0.1, 0.15) is 28.4 Å². The molecule has 0 bridgehead atoms. The first kappa shape index (κ1) is 20.3. The summed E-state index contributed by atoms with van der Waals surface area (Å²) in [6, 6.07) is 22.6. The Morgan fingerprint density at radius 2 is 1.74 bits per heavy atom. The van der Waals surface area contributed by atoms with Crippen LogP contribution in [-0.2, 0) is 11.2 Å². The van der Waals surface area contributed by atoms with Gasteiger partial charge >= 0.3 is 0 Å². The monoisotopic (exact) mass is 426 g/mol. The number of hydrogen-bond donors (Lipinski definition) is 2. The topological polar surface area (TPSA) is 98.9 Å². The average Bonchev–Trinajstić information content (AvgIpc) is 3.26. The lowest BCUT2D eigenvalue weighted by molar-refractivity contribution is -0.121. The highest BCUT2D eigenvalue weighted by atomic mass is 32.1. The number of nitrogens with one attached hydrogen (secondary N) is 1. The number of hydrogen-bond acceptors (Lipinski definition) is 6. The largest absolute Gasteiger partial charge is 0.506 e. The number of pyridine rings is 1. The third-order valence-electron chi connectivity index (χ3n) is 4.66. The van der Waals surface area contributed by atoms with Gasteiger partial charge in [0.05, 0.1) is 23.7 Å². The van der Waals surface area contributed by atoms with Gasteiger partial charge in [0.25, 0.3) is 0 Å². The molecule has 6 nitrogen and oxygen atoms in total. The summed E-state index contributed by atoms with van der Waals surface area (Å²) in [5.74, 6) is -0.274. The Balaban J connectivity index is 1.51. The van der Waals surface area contributed by atoms with E-state index in [4.69, 9.17) is 5.26 Å². The fourth-order valence-electron chi connectivity index (χ4n) is 3.20. The molecule has 0 saturated carbocycles. The summed E-state index contributed by atoms with van der Waals surface area (Å²) >= 11 is 1.29. The van der Waals surface area contributed by atoms with Crippen molar-refractivity contribution in [3.63, 3.8) is 0 Å². The number of amides is 1. The quantitative estimate of drug-likeness (QED) is 0.481. The fourth-order valence-corrected chi connectivity index (χ4v) is 4.03. The van der Waals surface area contributed by atoms with Crippen LogP contribution in [0.4, 0.5) is 0 Å². The van der Waals surface area contributed by atoms with E-state index in [0.29, 0.717) is 16.4 Å². The summed E-state index contributed by atoms with van der Waals surface area (Å²) in [5.41, 5.74) is 3.13. The van der Waals surface area contributed by atoms with Crippen molar-refractivity contribution in [3.05, 3.63) is 101 Å². The van der Waals surface area contributed by atoms with Crippen LogP contribution in [0.25, 0.3) is 10.7 Å². The van der Waals surface area contributed by atoms with Gasteiger partial charge in [0.1, 0.15) is 22.5 Å². The maximum Gasteiger partial charge on any atom is 0.226 e. The molecule has 0 aliphatic heterocycles. The average molecular weight is 427 g/mol. The second kappa shape index (κ2) is 9.20. The number of aromatic nitrogens is 2. The van der Waals surface area contributed by atoms with Gasteiger partial charge in [-0.15, -0.1) is 11.3 Å². The van der Waals surface area contributed by atoms with E-state index in [9.17, 15) is 9.90 Å². The molecule has 2 aromatic heterocycles. The molecule has 4 rings (SSSR count). The third kappa shape index (κ3) is 4.77. The normalized spacial score (nSPS) is 10.6. The molecule has 2 N–H and O–H groups in total. The molecular formula is C24H18N4O2S. The standard InChI is InChI=1S/C24H18N4O2S/c25-13-16-11-20(29)23(26-14-16)24-27-19(15-31-24)12-21(30)28-22(17-7-3-1-4-8-17)18-9-5-2-6-10-18/h1-11,14-15,22,29H,12H2,(H,28,30). The van der Waals surface area contributed by atoms with Crippen LogP contribution in [0, 0.1) is 11.3 Å². The maximum atomic E-state index is 12.8. The zero-order valence-corrected chi connectivity index (χ0v) is 17.2. The van der Waals surface area contributed by atoms with E-state index in [2.05, 4.69) is 15.3 Å². The highest BCUT2D eigenvalue weighted by Crippen LogP contribution is 2.30. The minimum absolute atomic E-state index is 0.101. The Bertz CT molecular complexity index is 1190. The van der Waals surface area contributed by atoms with Crippen molar-refractivity contribution in [1.29, 1.82) is 5.26 Å². The van der Waals surface area contributed by atoms with Gasteiger partial charge in [0, 0.05) is 17.6 Å². The zero-order chi connectivity index (χ0) is 21.6. The second-order valence-corrected chi connectivity index (χ2v) is 7.70. The second-order valence-electron chi connectivity index (χ2n) is 6.85. The van der Waals surface area contributed by atoms with Gasteiger partial charge in [-0.05, 0) is 11.1 Å². The van der Waals surface area contributed by atoms with Crippen molar-refractivity contribution in [2.75, 3.05) is 0 Å². The maximum absolute atomic E-state index is 12.8. The Hall–Kier alpha value is -4.02. The number of benzene rings is 2. The van der Waals surface area contributed by atoms with Crippen LogP contribution in [0.5, 0.6) is 5.75 Å². The molecular weight excluding hydrogens is 408 g/mol. The predicted molar refractivity (Wildman–Crippen MR) is 118 cm³/mol. The number of rotatable bonds is 6. The summed E-state index contributed by atoms with van der Waals surface area (Å²) in [6.07, 6.45) is 1.48. The van der Waals surface area contributed by atoms with Crippen molar-refractivity contribution >= 4 is 17.2 Å². The number of carbonyl (C=O) groups excluding carboxylic acids is 1. The highest BCUT2D eigenvalue weighted by Gasteiger charge is 2.18. The molecule has 0 spiro atoms. The highest BCUT2D eigenvalue weighted by molar-refractivity contribution is 7.13. The lowest BCUT2D eigenvalue weighted by Gasteiger charge is -2.19. The van der Waals surface area contributed by atoms with E-state index in [-0.39, 0.29) is 29.7 Å². The van der Waals surface area contributed by atoms with E-state index in [1.165, 1.54) is 23.6 Å². The van der Waals surface area contributed by atoms with Crippen LogP contribution in [0.3, 0.4) is 0 Å². The van der Waals surface area contributed by atoms with Crippen molar-refractivity contribution < 1.29 is 9.90 Å². The molecule has 0 saturated heterocycles. The Morgan fingerprint density at radius 3 is 2.32 bits per heavy atom. The first-order valence-electron chi connectivity index (χ1n) is 9.57. The summed E-state index contributed by atoms with van der Waals surface area (Å²) < 4.78 is 0. The minimum atomic E-state index is -0.266. The van der Waals surface area contributed by atoms with E-state index in [1.807, 2.05) is 66.7 Å². The fraction of sp³-hybridized carbons (Fsp3) is 0.0833. The summed E-state index contributed by atoms with van der Waals surface area (Å²) in [7, 11) is 0. The van der Waals surface area contributed by atoms with Gasteiger partial charge in [-0.2, -0.15) is 5.26 Å². The van der Waals surface area contributed by atoms with Crippen LogP contribution in [0.15, 0.2) is 78.3 Å². The first-order valence-corrected chi connectivity index (χ1v) is 10.4. The van der Waals surface area contributed by atoms with Gasteiger partial charge in [-0.3, -0.25) is 4.79 Å². The predicted octanol–water partition coefficient (Wildman–Crippen LogP) is 4.23. The third-order valence-corrected chi connectivity index (χ3v) is 5.56. The van der Waals surface area contributed by atoms with Crippen LogP contribution >= 0.6 is 11.3 Å². The van der Waals surface area contributed by atoms with Gasteiger partial charge in [0.15, 0.2) is 0 Å². The smallest absolute Gasteiger partial charge is 0.226 e. The van der Waals surface area contributed by atoms with Crippen molar-refractivity contribution in [2.45, 2.75) is 12.5 Å². The molecule has 31 heavy (non-hydrogen) atoms. The molecule has 2 aromatic carbocycles. The van der Waals surface area contributed by atoms with Gasteiger partial charge in [0.2, 0.25) is 5.91 Å². The van der Waals surface area contributed by atoms with Gasteiger partial charge in [-0.1, -0.05) is 60.7 Å². The van der Waals surface area contributed by atoms with E-state index in [1.54, 1.807) is 5.38 Å². The van der Waals surface area contributed by atoms with Crippen LogP contribution < -0.4 is 5.32 Å². The SMILES string of the molecule is N#Cc1cnc(-c2nc(CC(=O)NC(c3ccccc3)c3ccccc3)cs2)c(O)c1. The van der Waals surface area contributed by atoms with E-state index >= 15 is 0 Å². The molecule has 7 heteroatoms. The molecule has 0 fully saturated rings. The Morgan fingerprint density at radius 1 is 1.10 bits per heavy atom. The minimum Gasteiger partial charge on any atom is -0.506 e. The molecule has 0 unspecified atom stereocenters. The number of nitriles is 1. The lowest BCUT2D eigenvalue weighted by atomic mass is 9.98. The Kier molecular flexibility index (Phi) is 6.01. The molecule has 0 aliphatic rings. The molecule has 2 heterocycles. The zero-order valence-electron chi connectivity index (χ0n) is 16.4. The van der Waals surface area contributed by atoms with Crippen molar-refractivity contribution in [1.82, 2.24) is 15.3 Å². The molecule has 152 valence electrons.